The van der Waals surface area contributed by atoms with Crippen LogP contribution in [0.4, 0.5) is 5.13 Å². The summed E-state index contributed by atoms with van der Waals surface area (Å²) in [7, 11) is 1.62. The topological polar surface area (TPSA) is 84.7 Å². The van der Waals surface area contributed by atoms with E-state index < -0.39 is 0 Å². The standard InChI is InChI=1S/C19H19N3O4S/c1-25-14-2-3-15-16(10-14)27-19(20-15)21-17(23)12-4-7-22(8-5-12)18(24)13-6-9-26-11-13/h2-3,6,9-12H,4-5,7-8H2,1H3,(H,20,21,23). The van der Waals surface area contributed by atoms with Gasteiger partial charge >= 0.3 is 0 Å². The fourth-order valence-corrected chi connectivity index (χ4v) is 4.10. The van der Waals surface area contributed by atoms with Crippen LogP contribution in [-0.4, -0.2) is 41.9 Å². The molecule has 4 rings (SSSR count). The van der Waals surface area contributed by atoms with E-state index in [2.05, 4.69) is 10.3 Å². The highest BCUT2D eigenvalue weighted by atomic mass is 32.1. The van der Waals surface area contributed by atoms with Crippen LogP contribution >= 0.6 is 11.3 Å². The van der Waals surface area contributed by atoms with Crippen LogP contribution in [0.25, 0.3) is 10.2 Å². The van der Waals surface area contributed by atoms with E-state index in [0.29, 0.717) is 36.6 Å². The van der Waals surface area contributed by atoms with Crippen LogP contribution in [0.1, 0.15) is 23.2 Å². The number of likely N-dealkylation sites (tertiary alicyclic amines) is 1. The van der Waals surface area contributed by atoms with Gasteiger partial charge in [0, 0.05) is 19.0 Å². The van der Waals surface area contributed by atoms with Gasteiger partial charge in [-0.05, 0) is 37.1 Å². The highest BCUT2D eigenvalue weighted by Gasteiger charge is 2.28. The first-order chi connectivity index (χ1) is 13.1. The van der Waals surface area contributed by atoms with Crippen molar-refractivity contribution in [3.63, 3.8) is 0 Å². The van der Waals surface area contributed by atoms with Crippen LogP contribution in [0, 0.1) is 5.92 Å². The van der Waals surface area contributed by atoms with Crippen LogP contribution in [0.15, 0.2) is 41.2 Å². The summed E-state index contributed by atoms with van der Waals surface area (Å²) in [6, 6.07) is 7.28. The van der Waals surface area contributed by atoms with Gasteiger partial charge in [-0.15, -0.1) is 0 Å². The predicted octanol–water partition coefficient (Wildman–Crippen LogP) is 3.39. The zero-order valence-corrected chi connectivity index (χ0v) is 15.6. The Morgan fingerprint density at radius 2 is 2.11 bits per heavy atom. The van der Waals surface area contributed by atoms with Gasteiger partial charge in [-0.3, -0.25) is 9.59 Å². The van der Waals surface area contributed by atoms with Crippen molar-refractivity contribution in [1.82, 2.24) is 9.88 Å². The van der Waals surface area contributed by atoms with E-state index in [1.165, 1.54) is 23.9 Å². The Hall–Kier alpha value is -2.87. The van der Waals surface area contributed by atoms with Crippen LogP contribution in [0.2, 0.25) is 0 Å². The molecule has 8 heteroatoms. The second-order valence-electron chi connectivity index (χ2n) is 6.42. The number of piperidine rings is 1. The fraction of sp³-hybridized carbons (Fsp3) is 0.316. The van der Waals surface area contributed by atoms with Crippen molar-refractivity contribution >= 4 is 38.5 Å². The van der Waals surface area contributed by atoms with Crippen LogP contribution in [-0.2, 0) is 4.79 Å². The number of nitrogens with one attached hydrogen (secondary N) is 1. The summed E-state index contributed by atoms with van der Waals surface area (Å²) < 4.78 is 11.1. The minimum Gasteiger partial charge on any atom is -0.497 e. The summed E-state index contributed by atoms with van der Waals surface area (Å²) >= 11 is 1.42. The van der Waals surface area contributed by atoms with Crippen molar-refractivity contribution in [1.29, 1.82) is 0 Å². The molecule has 0 aliphatic carbocycles. The fourth-order valence-electron chi connectivity index (χ4n) is 3.21. The van der Waals surface area contributed by atoms with Gasteiger partial charge < -0.3 is 19.4 Å². The molecular formula is C19H19N3O4S. The molecule has 1 aliphatic rings. The first-order valence-electron chi connectivity index (χ1n) is 8.71. The molecule has 0 spiro atoms. The number of ether oxygens (including phenoxy) is 1. The number of nitrogens with zero attached hydrogens (tertiary/aromatic N) is 2. The van der Waals surface area contributed by atoms with Gasteiger partial charge in [-0.25, -0.2) is 4.98 Å². The van der Waals surface area contributed by atoms with Gasteiger partial charge in [0.15, 0.2) is 5.13 Å². The van der Waals surface area contributed by atoms with Crippen molar-refractivity contribution in [3.05, 3.63) is 42.4 Å². The molecule has 0 radical (unpaired) electrons. The number of carbonyl (C=O) groups is 2. The maximum absolute atomic E-state index is 12.6. The first kappa shape index (κ1) is 17.5. The smallest absolute Gasteiger partial charge is 0.257 e. The molecule has 0 saturated carbocycles. The van der Waals surface area contributed by atoms with Crippen molar-refractivity contribution in [2.24, 2.45) is 5.92 Å². The Morgan fingerprint density at radius 3 is 2.81 bits per heavy atom. The zero-order valence-electron chi connectivity index (χ0n) is 14.8. The lowest BCUT2D eigenvalue weighted by atomic mass is 9.95. The van der Waals surface area contributed by atoms with Crippen molar-refractivity contribution in [2.45, 2.75) is 12.8 Å². The first-order valence-corrected chi connectivity index (χ1v) is 9.52. The number of benzene rings is 1. The number of rotatable bonds is 4. The monoisotopic (exact) mass is 385 g/mol. The third-order valence-corrected chi connectivity index (χ3v) is 5.68. The van der Waals surface area contributed by atoms with E-state index in [4.69, 9.17) is 9.15 Å². The lowest BCUT2D eigenvalue weighted by Crippen LogP contribution is -2.41. The molecule has 3 heterocycles. The predicted molar refractivity (Wildman–Crippen MR) is 102 cm³/mol. The normalized spacial score (nSPS) is 15.1. The molecule has 3 aromatic rings. The molecule has 1 N–H and O–H groups in total. The number of aromatic nitrogens is 1. The van der Waals surface area contributed by atoms with E-state index in [9.17, 15) is 9.59 Å². The second-order valence-corrected chi connectivity index (χ2v) is 7.45. The minimum atomic E-state index is -0.125. The Balaban J connectivity index is 1.36. The number of amides is 2. The van der Waals surface area contributed by atoms with E-state index in [-0.39, 0.29) is 17.7 Å². The van der Waals surface area contributed by atoms with E-state index >= 15 is 0 Å². The molecule has 0 unspecified atom stereocenters. The average Bonchev–Trinajstić information content (AvgIpc) is 3.36. The number of furan rings is 1. The molecule has 0 atom stereocenters. The van der Waals surface area contributed by atoms with Crippen molar-refractivity contribution < 1.29 is 18.7 Å². The number of carbonyl (C=O) groups excluding carboxylic acids is 2. The highest BCUT2D eigenvalue weighted by molar-refractivity contribution is 7.22. The molecule has 1 saturated heterocycles. The zero-order chi connectivity index (χ0) is 18.8. The van der Waals surface area contributed by atoms with Gasteiger partial charge in [0.1, 0.15) is 12.0 Å². The quantitative estimate of drug-likeness (QED) is 0.744. The van der Waals surface area contributed by atoms with Crippen LogP contribution in [0.3, 0.4) is 0 Å². The summed E-state index contributed by atoms with van der Waals surface area (Å²) in [6.07, 6.45) is 4.20. The van der Waals surface area contributed by atoms with E-state index in [1.807, 2.05) is 18.2 Å². The maximum atomic E-state index is 12.6. The van der Waals surface area contributed by atoms with Gasteiger partial charge in [0.25, 0.3) is 5.91 Å². The summed E-state index contributed by atoms with van der Waals surface area (Å²) in [5.41, 5.74) is 1.37. The molecule has 27 heavy (non-hydrogen) atoms. The number of thiazole rings is 1. The molecule has 0 bridgehead atoms. The Kier molecular flexibility index (Phi) is 4.81. The number of fused-ring (bicyclic) bond motifs is 1. The summed E-state index contributed by atoms with van der Waals surface area (Å²) in [5.74, 6) is 0.540. The van der Waals surface area contributed by atoms with Crippen LogP contribution in [0.5, 0.6) is 5.75 Å². The molecule has 2 amide bonds. The summed E-state index contributed by atoms with van der Waals surface area (Å²) in [6.45, 7) is 1.11. The molecule has 1 aliphatic heterocycles. The second kappa shape index (κ2) is 7.40. The van der Waals surface area contributed by atoms with Gasteiger partial charge in [0.2, 0.25) is 5.91 Å². The largest absolute Gasteiger partial charge is 0.497 e. The number of anilines is 1. The van der Waals surface area contributed by atoms with Gasteiger partial charge in [-0.2, -0.15) is 0 Å². The third-order valence-electron chi connectivity index (χ3n) is 4.75. The molecule has 1 aromatic carbocycles. The number of hydrogen-bond donors (Lipinski definition) is 1. The molecular weight excluding hydrogens is 366 g/mol. The van der Waals surface area contributed by atoms with E-state index in [0.717, 1.165) is 16.0 Å². The maximum Gasteiger partial charge on any atom is 0.257 e. The molecule has 1 fully saturated rings. The summed E-state index contributed by atoms with van der Waals surface area (Å²) in [4.78, 5) is 31.1. The molecule has 2 aromatic heterocycles. The average molecular weight is 385 g/mol. The SMILES string of the molecule is COc1ccc2nc(NC(=O)C3CCN(C(=O)c4ccoc4)CC3)sc2c1. The number of methoxy groups -OCH3 is 1. The van der Waals surface area contributed by atoms with Crippen molar-refractivity contribution in [2.75, 3.05) is 25.5 Å². The Bertz CT molecular complexity index is 959. The lowest BCUT2D eigenvalue weighted by Gasteiger charge is -2.30. The van der Waals surface area contributed by atoms with Crippen molar-refractivity contribution in [3.8, 4) is 5.75 Å². The third kappa shape index (κ3) is 3.66. The lowest BCUT2D eigenvalue weighted by molar-refractivity contribution is -0.121. The minimum absolute atomic E-state index is 0.0450. The summed E-state index contributed by atoms with van der Waals surface area (Å²) in [5, 5.41) is 3.50. The Labute approximate surface area is 159 Å². The van der Waals surface area contributed by atoms with E-state index in [1.54, 1.807) is 18.1 Å². The molecule has 7 nitrogen and oxygen atoms in total. The van der Waals surface area contributed by atoms with Gasteiger partial charge in [-0.1, -0.05) is 11.3 Å². The number of hydrogen-bond acceptors (Lipinski definition) is 6. The Morgan fingerprint density at radius 1 is 1.30 bits per heavy atom. The molecule has 140 valence electrons. The highest BCUT2D eigenvalue weighted by Crippen LogP contribution is 2.30. The van der Waals surface area contributed by atoms with Crippen LogP contribution < -0.4 is 10.1 Å². The van der Waals surface area contributed by atoms with Gasteiger partial charge in [0.05, 0.1) is 29.2 Å².